The van der Waals surface area contributed by atoms with Gasteiger partial charge in [-0.15, -0.1) is 0 Å². The average molecular weight is 388 g/mol. The van der Waals surface area contributed by atoms with Crippen molar-refractivity contribution in [3.8, 4) is 0 Å². The first kappa shape index (κ1) is 18.4. The number of alkyl halides is 2. The monoisotopic (exact) mass is 388 g/mol. The fourth-order valence-corrected chi connectivity index (χ4v) is 3.98. The first-order valence-corrected chi connectivity index (χ1v) is 9.10. The highest BCUT2D eigenvalue weighted by Crippen LogP contribution is 2.20. The van der Waals surface area contributed by atoms with Crippen LogP contribution in [0, 0.1) is 5.82 Å². The van der Waals surface area contributed by atoms with E-state index in [-0.39, 0.29) is 41.7 Å². The Kier molecular flexibility index (Phi) is 5.01. The molecule has 140 valence electrons. The standard InChI is InChI=1S/C15H15F3N4O3S/c16-12-3-1-11(2-4-12)14(23)20-5-7-21(8-6-20)26(24,25)13-9-19-22(10-13)15(17)18/h1-4,9-10,15H,5-8H2. The van der Waals surface area contributed by atoms with Gasteiger partial charge in [-0.25, -0.2) is 17.5 Å². The van der Waals surface area contributed by atoms with E-state index in [9.17, 15) is 26.4 Å². The summed E-state index contributed by atoms with van der Waals surface area (Å²) in [6.45, 7) is -2.61. The Labute approximate surface area is 147 Å². The van der Waals surface area contributed by atoms with Crippen LogP contribution in [0.5, 0.6) is 0 Å². The van der Waals surface area contributed by atoms with Crippen molar-refractivity contribution in [3.05, 3.63) is 48.0 Å². The van der Waals surface area contributed by atoms with Crippen molar-refractivity contribution in [1.82, 2.24) is 19.0 Å². The van der Waals surface area contributed by atoms with Crippen LogP contribution in [0.3, 0.4) is 0 Å². The normalized spacial score (nSPS) is 16.2. The molecule has 1 fully saturated rings. The van der Waals surface area contributed by atoms with Crippen molar-refractivity contribution in [2.24, 2.45) is 0 Å². The molecule has 7 nitrogen and oxygen atoms in total. The maximum Gasteiger partial charge on any atom is 0.333 e. The van der Waals surface area contributed by atoms with Crippen molar-refractivity contribution in [1.29, 1.82) is 0 Å². The minimum atomic E-state index is -3.96. The summed E-state index contributed by atoms with van der Waals surface area (Å²) < 4.78 is 64.4. The van der Waals surface area contributed by atoms with Gasteiger partial charge in [0.1, 0.15) is 10.7 Å². The van der Waals surface area contributed by atoms with E-state index in [0.717, 1.165) is 16.7 Å². The Hall–Kier alpha value is -2.40. The van der Waals surface area contributed by atoms with E-state index < -0.39 is 22.4 Å². The predicted molar refractivity (Wildman–Crippen MR) is 84.5 cm³/mol. The molecule has 0 atom stereocenters. The molecule has 0 spiro atoms. The molecule has 2 aromatic rings. The molecule has 0 bridgehead atoms. The van der Waals surface area contributed by atoms with Gasteiger partial charge in [-0.3, -0.25) is 4.79 Å². The van der Waals surface area contributed by atoms with Crippen molar-refractivity contribution >= 4 is 15.9 Å². The number of hydrogen-bond donors (Lipinski definition) is 0. The number of halogens is 3. The molecule has 1 aliphatic heterocycles. The van der Waals surface area contributed by atoms with Gasteiger partial charge in [0.15, 0.2) is 0 Å². The third-order valence-corrected chi connectivity index (χ3v) is 5.88. The van der Waals surface area contributed by atoms with Gasteiger partial charge in [0.05, 0.1) is 12.4 Å². The van der Waals surface area contributed by atoms with Gasteiger partial charge in [0.2, 0.25) is 10.0 Å². The first-order valence-electron chi connectivity index (χ1n) is 7.66. The van der Waals surface area contributed by atoms with Gasteiger partial charge >= 0.3 is 6.55 Å². The molecule has 3 rings (SSSR count). The SMILES string of the molecule is O=C(c1ccc(F)cc1)N1CCN(S(=O)(=O)c2cnn(C(F)F)c2)CC1. The fourth-order valence-electron chi connectivity index (χ4n) is 2.62. The van der Waals surface area contributed by atoms with Crippen LogP contribution in [-0.2, 0) is 10.0 Å². The number of aromatic nitrogens is 2. The van der Waals surface area contributed by atoms with Crippen LogP contribution in [0.2, 0.25) is 0 Å². The third kappa shape index (κ3) is 3.58. The molecule has 2 heterocycles. The molecule has 0 N–H and O–H groups in total. The Balaban J connectivity index is 1.67. The summed E-state index contributed by atoms with van der Waals surface area (Å²) in [4.78, 5) is 13.5. The number of hydrogen-bond acceptors (Lipinski definition) is 4. The topological polar surface area (TPSA) is 75.5 Å². The predicted octanol–water partition coefficient (Wildman–Crippen LogP) is 1.56. The summed E-state index contributed by atoms with van der Waals surface area (Å²) in [5.41, 5.74) is 0.306. The van der Waals surface area contributed by atoms with E-state index in [1.54, 1.807) is 0 Å². The smallest absolute Gasteiger partial charge is 0.333 e. The largest absolute Gasteiger partial charge is 0.336 e. The molecule has 1 aromatic carbocycles. The van der Waals surface area contributed by atoms with Crippen molar-refractivity contribution in [2.45, 2.75) is 11.4 Å². The van der Waals surface area contributed by atoms with Crippen LogP contribution < -0.4 is 0 Å². The summed E-state index contributed by atoms with van der Waals surface area (Å²) in [6, 6.07) is 5.07. The number of sulfonamides is 1. The Bertz CT molecular complexity index is 891. The summed E-state index contributed by atoms with van der Waals surface area (Å²) in [6.07, 6.45) is 1.65. The number of nitrogens with zero attached hydrogens (tertiary/aromatic N) is 4. The highest BCUT2D eigenvalue weighted by molar-refractivity contribution is 7.89. The molecule has 11 heteroatoms. The Morgan fingerprint density at radius 2 is 1.69 bits per heavy atom. The molecule has 0 aliphatic carbocycles. The van der Waals surface area contributed by atoms with Gasteiger partial charge < -0.3 is 4.90 Å². The molecule has 0 radical (unpaired) electrons. The van der Waals surface area contributed by atoms with Crippen LogP contribution in [0.4, 0.5) is 13.2 Å². The molecule has 0 unspecified atom stereocenters. The lowest BCUT2D eigenvalue weighted by Gasteiger charge is -2.33. The minimum Gasteiger partial charge on any atom is -0.336 e. The van der Waals surface area contributed by atoms with Crippen molar-refractivity contribution < 1.29 is 26.4 Å². The summed E-state index contributed by atoms with van der Waals surface area (Å²) in [7, 11) is -3.96. The van der Waals surface area contributed by atoms with E-state index in [2.05, 4.69) is 5.10 Å². The number of benzene rings is 1. The van der Waals surface area contributed by atoms with E-state index in [1.807, 2.05) is 0 Å². The van der Waals surface area contributed by atoms with E-state index in [1.165, 1.54) is 29.2 Å². The van der Waals surface area contributed by atoms with Gasteiger partial charge in [0, 0.05) is 31.7 Å². The van der Waals surface area contributed by atoms with Crippen LogP contribution in [0.25, 0.3) is 0 Å². The molecular formula is C15H15F3N4O3S. The van der Waals surface area contributed by atoms with E-state index in [0.29, 0.717) is 5.56 Å². The molecule has 1 aromatic heterocycles. The highest BCUT2D eigenvalue weighted by Gasteiger charge is 2.31. The van der Waals surface area contributed by atoms with Crippen molar-refractivity contribution in [3.63, 3.8) is 0 Å². The lowest BCUT2D eigenvalue weighted by molar-refractivity contribution is 0.0563. The second-order valence-corrected chi connectivity index (χ2v) is 7.57. The van der Waals surface area contributed by atoms with E-state index in [4.69, 9.17) is 0 Å². The number of carbonyl (C=O) groups excluding carboxylic acids is 1. The van der Waals surface area contributed by atoms with Gasteiger partial charge in [-0.2, -0.15) is 18.2 Å². The Morgan fingerprint density at radius 3 is 2.23 bits per heavy atom. The third-order valence-electron chi connectivity index (χ3n) is 4.03. The average Bonchev–Trinajstić information content (AvgIpc) is 3.13. The highest BCUT2D eigenvalue weighted by atomic mass is 32.2. The number of amides is 1. The fraction of sp³-hybridized carbons (Fsp3) is 0.333. The van der Waals surface area contributed by atoms with Crippen LogP contribution in [0.15, 0.2) is 41.6 Å². The second kappa shape index (κ2) is 7.08. The molecule has 26 heavy (non-hydrogen) atoms. The summed E-state index contributed by atoms with van der Waals surface area (Å²) >= 11 is 0. The number of carbonyl (C=O) groups is 1. The molecular weight excluding hydrogens is 373 g/mol. The zero-order valence-corrected chi connectivity index (χ0v) is 14.2. The molecule has 1 saturated heterocycles. The molecule has 0 saturated carbocycles. The number of piperazine rings is 1. The maximum atomic E-state index is 12.9. The zero-order chi connectivity index (χ0) is 18.9. The first-order chi connectivity index (χ1) is 12.3. The van der Waals surface area contributed by atoms with Crippen LogP contribution in [-0.4, -0.2) is 59.5 Å². The van der Waals surface area contributed by atoms with Gasteiger partial charge in [0.25, 0.3) is 5.91 Å². The van der Waals surface area contributed by atoms with Crippen LogP contribution >= 0.6 is 0 Å². The second-order valence-electron chi connectivity index (χ2n) is 5.64. The lowest BCUT2D eigenvalue weighted by atomic mass is 10.2. The Morgan fingerprint density at radius 1 is 1.08 bits per heavy atom. The summed E-state index contributed by atoms with van der Waals surface area (Å²) in [5.74, 6) is -0.783. The van der Waals surface area contributed by atoms with Gasteiger partial charge in [-0.1, -0.05) is 0 Å². The zero-order valence-electron chi connectivity index (χ0n) is 13.4. The summed E-state index contributed by atoms with van der Waals surface area (Å²) in [5, 5.41) is 3.33. The quantitative estimate of drug-likeness (QED) is 0.797. The van der Waals surface area contributed by atoms with Crippen molar-refractivity contribution in [2.75, 3.05) is 26.2 Å². The number of rotatable bonds is 4. The maximum absolute atomic E-state index is 12.9. The van der Waals surface area contributed by atoms with Crippen LogP contribution in [0.1, 0.15) is 16.9 Å². The minimum absolute atomic E-state index is 0.0229. The van der Waals surface area contributed by atoms with Gasteiger partial charge in [-0.05, 0) is 24.3 Å². The molecule has 1 amide bonds. The molecule has 1 aliphatic rings. The lowest BCUT2D eigenvalue weighted by Crippen LogP contribution is -2.50. The van der Waals surface area contributed by atoms with E-state index >= 15 is 0 Å².